The Hall–Kier alpha value is -2.11. The normalized spacial score (nSPS) is 14.1. The molecule has 0 bridgehead atoms. The zero-order chi connectivity index (χ0) is 13.1. The van der Waals surface area contributed by atoms with Gasteiger partial charge < -0.3 is 10.6 Å². The van der Waals surface area contributed by atoms with Crippen LogP contribution in [0.5, 0.6) is 0 Å². The minimum absolute atomic E-state index is 0.0990. The summed E-state index contributed by atoms with van der Waals surface area (Å²) in [5.41, 5.74) is 1.14. The molecule has 0 aromatic heterocycles. The van der Waals surface area contributed by atoms with Crippen LogP contribution in [0.4, 0.5) is 17.1 Å². The highest BCUT2D eigenvalue weighted by Crippen LogP contribution is 2.32. The van der Waals surface area contributed by atoms with Crippen LogP contribution in [-0.4, -0.2) is 22.6 Å². The van der Waals surface area contributed by atoms with Gasteiger partial charge in [-0.2, -0.15) is 0 Å². The molecule has 1 saturated carbocycles. The van der Waals surface area contributed by atoms with Crippen molar-refractivity contribution in [3.05, 3.63) is 23.1 Å². The Labute approximate surface area is 105 Å². The van der Waals surface area contributed by atoms with Gasteiger partial charge in [-0.25, -0.2) is 5.21 Å². The average Bonchev–Trinajstić information content (AvgIpc) is 3.10. The molecule has 1 amide bonds. The lowest BCUT2D eigenvalue weighted by molar-refractivity contribution is -0.729. The Kier molecular flexibility index (Phi) is 3.45. The molecule has 6 heteroatoms. The first-order chi connectivity index (χ1) is 8.56. The highest BCUT2D eigenvalue weighted by Gasteiger charge is 2.24. The number of benzene rings is 1. The minimum atomic E-state index is -0.227. The summed E-state index contributed by atoms with van der Waals surface area (Å²) in [5, 5.41) is 14.8. The predicted molar refractivity (Wildman–Crippen MR) is 67.0 cm³/mol. The van der Waals surface area contributed by atoms with Crippen molar-refractivity contribution in [2.24, 2.45) is 5.92 Å². The molecule has 0 atom stereocenters. The number of hydrogen-bond donors (Lipinski definition) is 3. The number of carbonyl (C=O) groups excluding carboxylic acids is 1. The molecule has 96 valence electrons. The Morgan fingerprint density at radius 3 is 2.78 bits per heavy atom. The van der Waals surface area contributed by atoms with Crippen molar-refractivity contribution in [1.82, 2.24) is 0 Å². The topological polar surface area (TPSA) is 81.4 Å². The molecule has 1 aromatic rings. The van der Waals surface area contributed by atoms with Gasteiger partial charge >= 0.3 is 5.69 Å². The van der Waals surface area contributed by atoms with E-state index in [9.17, 15) is 9.70 Å². The number of amides is 1. The largest absolute Gasteiger partial charge is 0.379 e. The van der Waals surface area contributed by atoms with Gasteiger partial charge in [-0.15, -0.1) is 0 Å². The fraction of sp³-hybridized carbons (Fsp3) is 0.417. The van der Waals surface area contributed by atoms with Crippen molar-refractivity contribution < 1.29 is 14.9 Å². The molecule has 1 aliphatic rings. The molecule has 0 heterocycles. The van der Waals surface area contributed by atoms with Crippen LogP contribution in [0.25, 0.3) is 0 Å². The molecule has 0 radical (unpaired) electrons. The Morgan fingerprint density at radius 2 is 2.22 bits per heavy atom. The molecule has 0 aliphatic heterocycles. The van der Waals surface area contributed by atoms with Gasteiger partial charge in [0.05, 0.1) is 4.91 Å². The molecule has 1 aromatic carbocycles. The van der Waals surface area contributed by atoms with Crippen molar-refractivity contribution in [2.45, 2.75) is 19.8 Å². The van der Waals surface area contributed by atoms with E-state index in [2.05, 4.69) is 10.6 Å². The first-order valence-corrected chi connectivity index (χ1v) is 5.88. The Morgan fingerprint density at radius 1 is 1.50 bits per heavy atom. The van der Waals surface area contributed by atoms with Crippen LogP contribution in [0.2, 0.25) is 0 Å². The van der Waals surface area contributed by atoms with E-state index in [-0.39, 0.29) is 16.5 Å². The smallest absolute Gasteiger partial charge is 0.341 e. The van der Waals surface area contributed by atoms with Crippen LogP contribution in [0.1, 0.15) is 19.8 Å². The Bertz CT molecular complexity index is 483. The third-order valence-electron chi connectivity index (χ3n) is 2.80. The zero-order valence-corrected chi connectivity index (χ0v) is 10.1. The first kappa shape index (κ1) is 12.3. The fourth-order valence-corrected chi connectivity index (χ4v) is 1.70. The van der Waals surface area contributed by atoms with Crippen molar-refractivity contribution >= 4 is 23.0 Å². The van der Waals surface area contributed by atoms with Crippen LogP contribution in [0, 0.1) is 10.8 Å². The second-order valence-corrected chi connectivity index (χ2v) is 4.51. The van der Waals surface area contributed by atoms with Crippen molar-refractivity contribution in [1.29, 1.82) is 0 Å². The molecular formula is C12H16N3O3+. The van der Waals surface area contributed by atoms with Crippen LogP contribution in [-0.2, 0) is 4.79 Å². The summed E-state index contributed by atoms with van der Waals surface area (Å²) in [7, 11) is 0. The summed E-state index contributed by atoms with van der Waals surface area (Å²) in [6.07, 6.45) is 2.40. The summed E-state index contributed by atoms with van der Waals surface area (Å²) >= 11 is 0. The van der Waals surface area contributed by atoms with Gasteiger partial charge in [0, 0.05) is 25.2 Å². The van der Waals surface area contributed by atoms with E-state index in [4.69, 9.17) is 5.21 Å². The molecular weight excluding hydrogens is 234 g/mol. The maximum atomic E-state index is 11.1. The lowest BCUT2D eigenvalue weighted by Crippen LogP contribution is -2.09. The van der Waals surface area contributed by atoms with Gasteiger partial charge in [0.2, 0.25) is 5.91 Å². The van der Waals surface area contributed by atoms with Crippen LogP contribution in [0.15, 0.2) is 18.2 Å². The number of rotatable bonds is 5. The van der Waals surface area contributed by atoms with Gasteiger partial charge in [0.1, 0.15) is 5.69 Å². The second kappa shape index (κ2) is 5.03. The lowest BCUT2D eigenvalue weighted by Gasteiger charge is -2.06. The Balaban J connectivity index is 2.16. The predicted octanol–water partition coefficient (Wildman–Crippen LogP) is 2.27. The second-order valence-electron chi connectivity index (χ2n) is 4.51. The van der Waals surface area contributed by atoms with E-state index in [1.165, 1.54) is 25.8 Å². The van der Waals surface area contributed by atoms with Crippen LogP contribution in [0.3, 0.4) is 0 Å². The third-order valence-corrected chi connectivity index (χ3v) is 2.80. The van der Waals surface area contributed by atoms with E-state index in [0.717, 1.165) is 6.54 Å². The maximum Gasteiger partial charge on any atom is 0.341 e. The molecule has 1 aliphatic carbocycles. The number of nitrogens with one attached hydrogen (secondary N) is 2. The summed E-state index contributed by atoms with van der Waals surface area (Å²) in [5.74, 6) is 0.432. The molecule has 1 fully saturated rings. The lowest BCUT2D eigenvalue weighted by atomic mass is 10.2. The van der Waals surface area contributed by atoms with E-state index >= 15 is 0 Å². The van der Waals surface area contributed by atoms with Gasteiger partial charge in [0.25, 0.3) is 4.92 Å². The van der Waals surface area contributed by atoms with Crippen LogP contribution < -0.4 is 10.6 Å². The van der Waals surface area contributed by atoms with Gasteiger partial charge in [-0.3, -0.25) is 4.79 Å². The minimum Gasteiger partial charge on any atom is -0.379 e. The van der Waals surface area contributed by atoms with Crippen LogP contribution >= 0.6 is 0 Å². The highest BCUT2D eigenvalue weighted by atomic mass is 16.6. The van der Waals surface area contributed by atoms with E-state index < -0.39 is 0 Å². The summed E-state index contributed by atoms with van der Waals surface area (Å²) in [6, 6.07) is 4.79. The van der Waals surface area contributed by atoms with E-state index in [1.54, 1.807) is 12.1 Å². The molecule has 6 nitrogen and oxygen atoms in total. The van der Waals surface area contributed by atoms with Crippen molar-refractivity contribution in [2.75, 3.05) is 17.2 Å². The molecule has 0 saturated heterocycles. The first-order valence-electron chi connectivity index (χ1n) is 5.88. The van der Waals surface area contributed by atoms with E-state index in [1.807, 2.05) is 0 Å². The van der Waals surface area contributed by atoms with Gasteiger partial charge in [0.15, 0.2) is 0 Å². The zero-order valence-electron chi connectivity index (χ0n) is 10.1. The molecule has 18 heavy (non-hydrogen) atoms. The monoisotopic (exact) mass is 250 g/mol. The standard InChI is InChI=1S/C12H15N3O3/c1-8(16)14-10-4-5-11(12(6-10)15(17)18)13-7-9-2-3-9/h4-6,9,13H,2-3,7H2,1H3,(H-,14,16,17,18)/p+1. The molecule has 0 unspecified atom stereocenters. The number of hydrogen-bond acceptors (Lipinski definition) is 3. The summed E-state index contributed by atoms with van der Waals surface area (Å²) < 4.78 is 0. The molecule has 2 rings (SSSR count). The van der Waals surface area contributed by atoms with Crippen molar-refractivity contribution in [3.8, 4) is 0 Å². The summed E-state index contributed by atoms with van der Waals surface area (Å²) in [6.45, 7) is 2.17. The van der Waals surface area contributed by atoms with Gasteiger partial charge in [-0.1, -0.05) is 0 Å². The third kappa shape index (κ3) is 3.19. The van der Waals surface area contributed by atoms with Crippen molar-refractivity contribution in [3.63, 3.8) is 0 Å². The quantitative estimate of drug-likeness (QED) is 0.700. The molecule has 3 N–H and O–H groups in total. The number of carbonyl (C=O) groups is 1. The fourth-order valence-electron chi connectivity index (χ4n) is 1.70. The summed E-state index contributed by atoms with van der Waals surface area (Å²) in [4.78, 5) is 21.8. The average molecular weight is 250 g/mol. The molecule has 0 spiro atoms. The number of anilines is 2. The van der Waals surface area contributed by atoms with E-state index in [0.29, 0.717) is 17.3 Å². The number of nitrogens with zero attached hydrogens (tertiary/aromatic N) is 1. The highest BCUT2D eigenvalue weighted by molar-refractivity contribution is 5.89. The van der Waals surface area contributed by atoms with Gasteiger partial charge in [-0.05, 0) is 30.9 Å². The SMILES string of the molecule is CC(=O)Nc1ccc(NCC2CC2)c([N+](=O)O)c1. The maximum absolute atomic E-state index is 11.1.